The molecule has 1 saturated carbocycles. The number of hydrogen-bond donors (Lipinski definition) is 1. The van der Waals surface area contributed by atoms with E-state index in [1.807, 2.05) is 7.05 Å². The Morgan fingerprint density at radius 1 is 1.64 bits per heavy atom. The van der Waals surface area contributed by atoms with Crippen LogP contribution in [0.1, 0.15) is 31.5 Å². The molecule has 0 radical (unpaired) electrons. The molecule has 1 unspecified atom stereocenters. The van der Waals surface area contributed by atoms with Gasteiger partial charge in [0.1, 0.15) is 12.2 Å². The maximum atomic E-state index is 9.64. The van der Waals surface area contributed by atoms with Crippen molar-refractivity contribution in [2.75, 3.05) is 0 Å². The minimum atomic E-state index is -0.0803. The lowest BCUT2D eigenvalue weighted by atomic mass is 10.1. The van der Waals surface area contributed by atoms with Gasteiger partial charge in [-0.05, 0) is 31.6 Å². The molecule has 0 aliphatic heterocycles. The Hall–Kier alpha value is -0.900. The fourth-order valence-electron chi connectivity index (χ4n) is 1.73. The molecule has 0 spiro atoms. The van der Waals surface area contributed by atoms with Gasteiger partial charge in [0.15, 0.2) is 0 Å². The largest absolute Gasteiger partial charge is 0.393 e. The molecule has 1 aliphatic rings. The molecule has 1 aliphatic carbocycles. The van der Waals surface area contributed by atoms with Crippen LogP contribution in [-0.4, -0.2) is 26.0 Å². The number of aliphatic hydroxyl groups is 1. The van der Waals surface area contributed by atoms with E-state index in [-0.39, 0.29) is 6.10 Å². The van der Waals surface area contributed by atoms with Gasteiger partial charge in [0, 0.05) is 13.5 Å². The molecule has 2 rings (SSSR count). The second kappa shape index (κ2) is 4.09. The third-order valence-corrected chi connectivity index (χ3v) is 2.87. The maximum absolute atomic E-state index is 9.64. The number of hydrogen-bond acceptors (Lipinski definition) is 3. The normalized spacial score (nSPS) is 18.4. The summed E-state index contributed by atoms with van der Waals surface area (Å²) in [4.78, 5) is 4.14. The van der Waals surface area contributed by atoms with E-state index in [4.69, 9.17) is 0 Å². The lowest BCUT2D eigenvalue weighted by molar-refractivity contribution is 0.139. The summed E-state index contributed by atoms with van der Waals surface area (Å²) in [6.07, 6.45) is 6.74. The highest BCUT2D eigenvalue weighted by molar-refractivity contribution is 4.85. The van der Waals surface area contributed by atoms with Crippen LogP contribution in [0.5, 0.6) is 0 Å². The third kappa shape index (κ3) is 2.32. The number of aliphatic hydroxyl groups excluding tert-OH is 1. The molecule has 1 atom stereocenters. The van der Waals surface area contributed by atoms with Crippen LogP contribution in [0, 0.1) is 5.92 Å². The molecule has 0 bridgehead atoms. The molecule has 1 aromatic rings. The zero-order valence-electron chi connectivity index (χ0n) is 8.56. The highest BCUT2D eigenvalue weighted by Gasteiger charge is 2.28. The van der Waals surface area contributed by atoms with Gasteiger partial charge in [-0.15, -0.1) is 0 Å². The summed E-state index contributed by atoms with van der Waals surface area (Å²) >= 11 is 0. The lowest BCUT2D eigenvalue weighted by Gasteiger charge is -2.07. The number of nitrogens with zero attached hydrogens (tertiary/aromatic N) is 3. The van der Waals surface area contributed by atoms with Crippen LogP contribution in [0.3, 0.4) is 0 Å². The highest BCUT2D eigenvalue weighted by Crippen LogP contribution is 2.34. The van der Waals surface area contributed by atoms with E-state index in [1.165, 1.54) is 12.8 Å². The van der Waals surface area contributed by atoms with Gasteiger partial charge >= 0.3 is 0 Å². The Labute approximate surface area is 84.0 Å². The third-order valence-electron chi connectivity index (χ3n) is 2.87. The minimum absolute atomic E-state index is 0.0803. The molecule has 14 heavy (non-hydrogen) atoms. The van der Waals surface area contributed by atoms with Gasteiger partial charge in [0.05, 0.1) is 6.10 Å². The molecular formula is C10H17N3O. The maximum Gasteiger partial charge on any atom is 0.138 e. The summed E-state index contributed by atoms with van der Waals surface area (Å²) in [6, 6.07) is 0. The van der Waals surface area contributed by atoms with Crippen LogP contribution in [0.15, 0.2) is 6.33 Å². The van der Waals surface area contributed by atoms with E-state index in [9.17, 15) is 5.11 Å². The standard InChI is InChI=1S/C10H17N3O/c1-13-10(11-7-12-13)4-2-3-9(14)8-5-6-8/h7-9,14H,2-6H2,1H3. The molecule has 78 valence electrons. The molecule has 0 saturated heterocycles. The lowest BCUT2D eigenvalue weighted by Crippen LogP contribution is -2.10. The molecule has 1 fully saturated rings. The van der Waals surface area contributed by atoms with Gasteiger partial charge in [-0.1, -0.05) is 0 Å². The Balaban J connectivity index is 1.69. The first-order chi connectivity index (χ1) is 6.77. The Morgan fingerprint density at radius 3 is 3.00 bits per heavy atom. The van der Waals surface area contributed by atoms with Crippen molar-refractivity contribution in [3.63, 3.8) is 0 Å². The molecular weight excluding hydrogens is 178 g/mol. The predicted molar refractivity (Wildman–Crippen MR) is 52.7 cm³/mol. The Morgan fingerprint density at radius 2 is 2.43 bits per heavy atom. The van der Waals surface area contributed by atoms with Gasteiger partial charge in [-0.25, -0.2) is 4.98 Å². The quantitative estimate of drug-likeness (QED) is 0.759. The SMILES string of the molecule is Cn1ncnc1CCCC(O)C1CC1. The monoisotopic (exact) mass is 195 g/mol. The van der Waals surface area contributed by atoms with Crippen molar-refractivity contribution < 1.29 is 5.11 Å². The van der Waals surface area contributed by atoms with E-state index in [0.29, 0.717) is 5.92 Å². The van der Waals surface area contributed by atoms with Crippen LogP contribution < -0.4 is 0 Å². The van der Waals surface area contributed by atoms with Crippen molar-refractivity contribution in [3.8, 4) is 0 Å². The topological polar surface area (TPSA) is 50.9 Å². The van der Waals surface area contributed by atoms with Crippen LogP contribution in [-0.2, 0) is 13.5 Å². The fourth-order valence-corrected chi connectivity index (χ4v) is 1.73. The molecule has 0 amide bonds. The zero-order chi connectivity index (χ0) is 9.97. The fraction of sp³-hybridized carbons (Fsp3) is 0.800. The average molecular weight is 195 g/mol. The zero-order valence-corrected chi connectivity index (χ0v) is 8.56. The van der Waals surface area contributed by atoms with Crippen LogP contribution >= 0.6 is 0 Å². The summed E-state index contributed by atoms with van der Waals surface area (Å²) in [5.74, 6) is 1.60. The van der Waals surface area contributed by atoms with E-state index >= 15 is 0 Å². The van der Waals surface area contributed by atoms with Crippen molar-refractivity contribution in [2.45, 2.75) is 38.2 Å². The second-order valence-corrected chi connectivity index (χ2v) is 4.10. The van der Waals surface area contributed by atoms with E-state index in [1.54, 1.807) is 11.0 Å². The molecule has 4 heteroatoms. The van der Waals surface area contributed by atoms with Crippen LogP contribution in [0.2, 0.25) is 0 Å². The van der Waals surface area contributed by atoms with E-state index < -0.39 is 0 Å². The van der Waals surface area contributed by atoms with Crippen molar-refractivity contribution in [3.05, 3.63) is 12.2 Å². The summed E-state index contributed by atoms with van der Waals surface area (Å²) in [5, 5.41) is 13.6. The number of rotatable bonds is 5. The van der Waals surface area contributed by atoms with Gasteiger partial charge in [0.25, 0.3) is 0 Å². The second-order valence-electron chi connectivity index (χ2n) is 4.10. The predicted octanol–water partition coefficient (Wildman–Crippen LogP) is 0.909. The van der Waals surface area contributed by atoms with E-state index in [0.717, 1.165) is 25.1 Å². The van der Waals surface area contributed by atoms with Crippen molar-refractivity contribution in [1.29, 1.82) is 0 Å². The Kier molecular flexibility index (Phi) is 2.82. The van der Waals surface area contributed by atoms with Gasteiger partial charge < -0.3 is 5.11 Å². The Bertz CT molecular complexity index is 293. The van der Waals surface area contributed by atoms with Gasteiger partial charge in [0.2, 0.25) is 0 Å². The minimum Gasteiger partial charge on any atom is -0.393 e. The van der Waals surface area contributed by atoms with Crippen LogP contribution in [0.4, 0.5) is 0 Å². The summed E-state index contributed by atoms with van der Waals surface area (Å²) in [6.45, 7) is 0. The first-order valence-corrected chi connectivity index (χ1v) is 5.28. The molecule has 4 nitrogen and oxygen atoms in total. The average Bonchev–Trinajstić information content (AvgIpc) is 2.93. The number of aromatic nitrogens is 3. The number of aryl methyl sites for hydroxylation is 2. The molecule has 1 aromatic heterocycles. The van der Waals surface area contributed by atoms with Gasteiger partial charge in [-0.3, -0.25) is 4.68 Å². The summed E-state index contributed by atoms with van der Waals surface area (Å²) in [5.41, 5.74) is 0. The summed E-state index contributed by atoms with van der Waals surface area (Å²) in [7, 11) is 1.90. The molecule has 1 heterocycles. The first kappa shape index (κ1) is 9.65. The van der Waals surface area contributed by atoms with Crippen molar-refractivity contribution in [2.24, 2.45) is 13.0 Å². The highest BCUT2D eigenvalue weighted by atomic mass is 16.3. The van der Waals surface area contributed by atoms with Crippen LogP contribution in [0.25, 0.3) is 0 Å². The summed E-state index contributed by atoms with van der Waals surface area (Å²) < 4.78 is 1.80. The molecule has 1 N–H and O–H groups in total. The van der Waals surface area contributed by atoms with Crippen molar-refractivity contribution in [1.82, 2.24) is 14.8 Å². The first-order valence-electron chi connectivity index (χ1n) is 5.28. The smallest absolute Gasteiger partial charge is 0.138 e. The van der Waals surface area contributed by atoms with Gasteiger partial charge in [-0.2, -0.15) is 5.10 Å². The molecule has 0 aromatic carbocycles. The van der Waals surface area contributed by atoms with E-state index in [2.05, 4.69) is 10.1 Å². The van der Waals surface area contributed by atoms with Crippen molar-refractivity contribution >= 4 is 0 Å².